The van der Waals surface area contributed by atoms with E-state index in [-0.39, 0.29) is 18.2 Å². The molecule has 0 saturated heterocycles. The smallest absolute Gasteiger partial charge is 0.355 e. The topological polar surface area (TPSA) is 97.8 Å². The van der Waals surface area contributed by atoms with Gasteiger partial charge in [-0.2, -0.15) is 0 Å². The van der Waals surface area contributed by atoms with Crippen LogP contribution in [0.25, 0.3) is 6.08 Å². The predicted molar refractivity (Wildman–Crippen MR) is 99.0 cm³/mol. The molecule has 0 unspecified atom stereocenters. The van der Waals surface area contributed by atoms with Crippen LogP contribution in [0.5, 0.6) is 11.5 Å². The Bertz CT molecular complexity index is 801. The lowest BCUT2D eigenvalue weighted by Crippen LogP contribution is -2.30. The van der Waals surface area contributed by atoms with Gasteiger partial charge in [-0.1, -0.05) is 18.2 Å². The number of carbonyl (C=O) groups excluding carboxylic acids is 1. The molecule has 0 atom stereocenters. The van der Waals surface area contributed by atoms with Crippen LogP contribution >= 0.6 is 11.3 Å². The van der Waals surface area contributed by atoms with E-state index in [2.05, 4.69) is 10.3 Å². The van der Waals surface area contributed by atoms with Gasteiger partial charge in [-0.3, -0.25) is 4.79 Å². The largest absolute Gasteiger partial charge is 0.493 e. The summed E-state index contributed by atoms with van der Waals surface area (Å²) in [4.78, 5) is 26.6. The first-order chi connectivity index (χ1) is 12.5. The minimum Gasteiger partial charge on any atom is -0.493 e. The number of amides is 1. The number of nitrogens with zero attached hydrogens (tertiary/aromatic N) is 1. The number of benzene rings is 1. The summed E-state index contributed by atoms with van der Waals surface area (Å²) in [6.45, 7) is 2.14. The van der Waals surface area contributed by atoms with Crippen molar-refractivity contribution in [2.45, 2.75) is 13.3 Å². The maximum atomic E-state index is 11.9. The summed E-state index contributed by atoms with van der Waals surface area (Å²) in [5.74, 6) is -0.293. The second kappa shape index (κ2) is 9.57. The molecule has 2 rings (SSSR count). The number of rotatable bonds is 9. The van der Waals surface area contributed by atoms with E-state index in [1.54, 1.807) is 13.2 Å². The van der Waals surface area contributed by atoms with Crippen LogP contribution in [0.2, 0.25) is 0 Å². The first-order valence-electron chi connectivity index (χ1n) is 7.91. The van der Waals surface area contributed by atoms with Crippen LogP contribution in [0.15, 0.2) is 29.7 Å². The summed E-state index contributed by atoms with van der Waals surface area (Å²) in [6, 6.07) is 5.46. The fourth-order valence-electron chi connectivity index (χ4n) is 2.13. The van der Waals surface area contributed by atoms with Crippen molar-refractivity contribution in [2.24, 2.45) is 0 Å². The molecule has 0 aliphatic heterocycles. The molecular formula is C18H20N2O5S. The van der Waals surface area contributed by atoms with E-state index in [9.17, 15) is 9.59 Å². The summed E-state index contributed by atoms with van der Waals surface area (Å²) in [7, 11) is 1.54. The summed E-state index contributed by atoms with van der Waals surface area (Å²) in [5, 5.41) is 13.7. The van der Waals surface area contributed by atoms with Crippen LogP contribution in [0.4, 0.5) is 0 Å². The Hall–Kier alpha value is -2.87. The molecule has 0 bridgehead atoms. The number of hydrogen-bond acceptors (Lipinski definition) is 6. The van der Waals surface area contributed by atoms with Crippen molar-refractivity contribution in [3.8, 4) is 11.5 Å². The van der Waals surface area contributed by atoms with Gasteiger partial charge >= 0.3 is 5.97 Å². The van der Waals surface area contributed by atoms with Crippen LogP contribution in [-0.4, -0.2) is 42.2 Å². The Balaban J connectivity index is 1.80. The fraction of sp³-hybridized carbons (Fsp3) is 0.278. The fourth-order valence-corrected chi connectivity index (χ4v) is 2.90. The van der Waals surface area contributed by atoms with E-state index in [4.69, 9.17) is 14.6 Å². The van der Waals surface area contributed by atoms with Gasteiger partial charge in [-0.25, -0.2) is 9.78 Å². The van der Waals surface area contributed by atoms with E-state index in [1.165, 1.54) is 16.7 Å². The van der Waals surface area contributed by atoms with Gasteiger partial charge in [-0.15, -0.1) is 11.3 Å². The number of thiazole rings is 1. The number of methoxy groups -OCH3 is 1. The highest BCUT2D eigenvalue weighted by Gasteiger charge is 2.10. The summed E-state index contributed by atoms with van der Waals surface area (Å²) in [6.07, 6.45) is 4.32. The lowest BCUT2D eigenvalue weighted by Gasteiger charge is -2.11. The number of carboxylic acids is 1. The molecule has 7 nitrogen and oxygen atoms in total. The number of nitrogens with one attached hydrogen (secondary N) is 1. The third-order valence-electron chi connectivity index (χ3n) is 3.34. The number of aromatic nitrogens is 1. The summed E-state index contributed by atoms with van der Waals surface area (Å²) < 4.78 is 10.8. The maximum Gasteiger partial charge on any atom is 0.355 e. The zero-order chi connectivity index (χ0) is 18.9. The lowest BCUT2D eigenvalue weighted by molar-refractivity contribution is -0.123. The minimum atomic E-state index is -1.06. The summed E-state index contributed by atoms with van der Waals surface area (Å²) in [5.41, 5.74) is 0.999. The van der Waals surface area contributed by atoms with E-state index in [0.717, 1.165) is 5.56 Å². The van der Waals surface area contributed by atoms with Gasteiger partial charge < -0.3 is 19.9 Å². The average molecular weight is 376 g/mol. The van der Waals surface area contributed by atoms with Crippen LogP contribution < -0.4 is 14.8 Å². The van der Waals surface area contributed by atoms with Gasteiger partial charge in [0.05, 0.1) is 12.1 Å². The van der Waals surface area contributed by atoms with Gasteiger partial charge in [0.2, 0.25) is 0 Å². The quantitative estimate of drug-likeness (QED) is 0.698. The van der Waals surface area contributed by atoms with Gasteiger partial charge in [0, 0.05) is 18.3 Å². The Morgan fingerprint density at radius 1 is 1.35 bits per heavy atom. The molecule has 26 heavy (non-hydrogen) atoms. The van der Waals surface area contributed by atoms with Crippen molar-refractivity contribution >= 4 is 29.3 Å². The molecule has 138 valence electrons. The number of carbonyl (C=O) groups is 2. The standard InChI is InChI=1S/C18H20N2O5S/c1-3-4-12-5-6-14(15(9-12)24-2)25-10-16(21)19-8-7-17-20-13(11-26-17)18(22)23/h3-6,9,11H,7-8,10H2,1-2H3,(H,19,21)(H,22,23)/b4-3+. The summed E-state index contributed by atoms with van der Waals surface area (Å²) >= 11 is 1.25. The molecular weight excluding hydrogens is 356 g/mol. The first kappa shape index (κ1) is 19.5. The Kier molecular flexibility index (Phi) is 7.16. The van der Waals surface area contributed by atoms with Crippen molar-refractivity contribution in [1.29, 1.82) is 0 Å². The maximum absolute atomic E-state index is 11.9. The molecule has 0 aliphatic rings. The highest BCUT2D eigenvalue weighted by atomic mass is 32.1. The van der Waals surface area contributed by atoms with E-state index < -0.39 is 5.97 Å². The van der Waals surface area contributed by atoms with Crippen LogP contribution in [-0.2, 0) is 11.2 Å². The average Bonchev–Trinajstić information content (AvgIpc) is 3.10. The van der Waals surface area contributed by atoms with Crippen molar-refractivity contribution < 1.29 is 24.2 Å². The first-order valence-corrected chi connectivity index (χ1v) is 8.79. The Morgan fingerprint density at radius 3 is 2.81 bits per heavy atom. The van der Waals surface area contributed by atoms with E-state index in [0.29, 0.717) is 29.5 Å². The second-order valence-electron chi connectivity index (χ2n) is 5.23. The Labute approximate surface area is 155 Å². The van der Waals surface area contributed by atoms with Gasteiger partial charge in [0.15, 0.2) is 23.8 Å². The molecule has 0 fully saturated rings. The van der Waals surface area contributed by atoms with Gasteiger partial charge in [0.25, 0.3) is 5.91 Å². The van der Waals surface area contributed by atoms with Crippen molar-refractivity contribution in [3.05, 3.63) is 45.9 Å². The van der Waals surface area contributed by atoms with Crippen LogP contribution in [0.1, 0.15) is 28.0 Å². The number of carboxylic acid groups (broad SMARTS) is 1. The molecule has 1 aromatic heterocycles. The van der Waals surface area contributed by atoms with Crippen molar-refractivity contribution in [2.75, 3.05) is 20.3 Å². The number of hydrogen-bond donors (Lipinski definition) is 2. The van der Waals surface area contributed by atoms with Crippen LogP contribution in [0, 0.1) is 0 Å². The van der Waals surface area contributed by atoms with E-state index >= 15 is 0 Å². The number of aromatic carboxylic acids is 1. The molecule has 0 radical (unpaired) electrons. The highest BCUT2D eigenvalue weighted by Crippen LogP contribution is 2.28. The molecule has 0 aliphatic carbocycles. The molecule has 1 heterocycles. The predicted octanol–water partition coefficient (Wildman–Crippen LogP) is 2.62. The molecule has 1 aromatic carbocycles. The molecule has 0 saturated carbocycles. The van der Waals surface area contributed by atoms with Crippen LogP contribution in [0.3, 0.4) is 0 Å². The SMILES string of the molecule is C/C=C/c1ccc(OCC(=O)NCCc2nc(C(=O)O)cs2)c(OC)c1. The molecule has 1 amide bonds. The number of allylic oxidation sites excluding steroid dienone is 1. The zero-order valence-electron chi connectivity index (χ0n) is 14.5. The molecule has 2 aromatic rings. The third kappa shape index (κ3) is 5.59. The Morgan fingerprint density at radius 2 is 2.15 bits per heavy atom. The lowest BCUT2D eigenvalue weighted by atomic mass is 10.2. The van der Waals surface area contributed by atoms with Gasteiger partial charge in [0.1, 0.15) is 0 Å². The normalized spacial score (nSPS) is 10.7. The molecule has 0 spiro atoms. The zero-order valence-corrected chi connectivity index (χ0v) is 15.3. The third-order valence-corrected chi connectivity index (χ3v) is 4.25. The van der Waals surface area contributed by atoms with E-state index in [1.807, 2.05) is 31.2 Å². The second-order valence-corrected chi connectivity index (χ2v) is 6.17. The van der Waals surface area contributed by atoms with Gasteiger partial charge in [-0.05, 0) is 24.6 Å². The molecule has 8 heteroatoms. The molecule has 2 N–H and O–H groups in total. The highest BCUT2D eigenvalue weighted by molar-refractivity contribution is 7.09. The minimum absolute atomic E-state index is 0.0214. The monoisotopic (exact) mass is 376 g/mol. The number of ether oxygens (including phenoxy) is 2. The van der Waals surface area contributed by atoms with Crippen molar-refractivity contribution in [1.82, 2.24) is 10.3 Å². The van der Waals surface area contributed by atoms with Crippen molar-refractivity contribution in [3.63, 3.8) is 0 Å².